The molecule has 0 spiro atoms. The Labute approximate surface area is 236 Å². The smallest absolute Gasteiger partial charge is 1.00 e. The van der Waals surface area contributed by atoms with Crippen LogP contribution in [-0.4, -0.2) is 3.21 Å². The van der Waals surface area contributed by atoms with Crippen molar-refractivity contribution in [2.75, 3.05) is 0 Å². The molecule has 0 aromatic heterocycles. The zero-order chi connectivity index (χ0) is 23.4. The van der Waals surface area contributed by atoms with E-state index >= 15 is 0 Å². The average Bonchev–Trinajstić information content (AvgIpc) is 3.41. The van der Waals surface area contributed by atoms with Gasteiger partial charge < -0.3 is 24.8 Å². The van der Waals surface area contributed by atoms with Crippen LogP contribution < -0.4 is 35.3 Å². The van der Waals surface area contributed by atoms with E-state index < -0.39 is 22.8 Å². The van der Waals surface area contributed by atoms with Gasteiger partial charge in [0, 0.05) is 0 Å². The molecule has 1 aromatic rings. The topological polar surface area (TPSA) is 0 Å². The summed E-state index contributed by atoms with van der Waals surface area (Å²) in [7, 11) is 0. The number of halogens is 2. The van der Waals surface area contributed by atoms with Crippen LogP contribution in [0.3, 0.4) is 0 Å². The summed E-state index contributed by atoms with van der Waals surface area (Å²) >= 11 is -0.843. The normalized spacial score (nSPS) is 23.1. The van der Waals surface area contributed by atoms with E-state index in [4.69, 9.17) is 0 Å². The van der Waals surface area contributed by atoms with E-state index in [1.165, 1.54) is 53.7 Å². The Morgan fingerprint density at radius 2 is 1.60 bits per heavy atom. The molecule has 0 bridgehead atoms. The first-order valence-corrected chi connectivity index (χ1v) is 15.4. The molecule has 0 heterocycles. The third-order valence-corrected chi connectivity index (χ3v) is 12.5. The molecule has 0 radical (unpaired) electrons. The van der Waals surface area contributed by atoms with Crippen molar-refractivity contribution in [3.05, 3.63) is 79.0 Å². The number of hydrogen-bond acceptors (Lipinski definition) is 0. The number of benzene rings is 1. The monoisotopic (exact) mass is 583 g/mol. The molecule has 1 unspecified atom stereocenters. The predicted octanol–water partition coefficient (Wildman–Crippen LogP) is 0.899. The molecule has 185 valence electrons. The minimum Gasteiger partial charge on any atom is -1.00 e. The van der Waals surface area contributed by atoms with Crippen LogP contribution in [0.1, 0.15) is 85.6 Å². The third kappa shape index (κ3) is 5.04. The minimum absolute atomic E-state index is 0. The van der Waals surface area contributed by atoms with E-state index in [0.717, 1.165) is 6.42 Å². The van der Waals surface area contributed by atoms with Crippen molar-refractivity contribution in [1.82, 2.24) is 0 Å². The number of fused-ring (bicyclic) bond motifs is 2. The fourth-order valence-electron chi connectivity index (χ4n) is 6.22. The van der Waals surface area contributed by atoms with Gasteiger partial charge in [-0.3, -0.25) is 0 Å². The minimum atomic E-state index is -0.843. The summed E-state index contributed by atoms with van der Waals surface area (Å²) in [4.78, 5) is 0. The first kappa shape index (κ1) is 28.8. The molecule has 3 heteroatoms. The summed E-state index contributed by atoms with van der Waals surface area (Å²) in [6.45, 7) is 14.4. The van der Waals surface area contributed by atoms with Crippen molar-refractivity contribution in [3.8, 4) is 0 Å². The molecule has 1 atom stereocenters. The molecule has 35 heavy (non-hydrogen) atoms. The second-order valence-corrected chi connectivity index (χ2v) is 16.0. The number of rotatable bonds is 2. The van der Waals surface area contributed by atoms with Gasteiger partial charge in [0.25, 0.3) is 0 Å². The van der Waals surface area contributed by atoms with Crippen molar-refractivity contribution in [1.29, 1.82) is 0 Å². The van der Waals surface area contributed by atoms with Crippen LogP contribution in [0.25, 0.3) is 11.6 Å². The van der Waals surface area contributed by atoms with Gasteiger partial charge in [0.15, 0.2) is 0 Å². The molecule has 0 amide bonds. The largest absolute Gasteiger partial charge is 1.00 e. The average molecular weight is 586 g/mol. The van der Waals surface area contributed by atoms with Gasteiger partial charge in [-0.1, -0.05) is 0 Å². The van der Waals surface area contributed by atoms with Crippen molar-refractivity contribution in [2.24, 2.45) is 10.8 Å². The second kappa shape index (κ2) is 10.6. The molecule has 4 aliphatic rings. The maximum Gasteiger partial charge on any atom is -1.00 e. The predicted molar refractivity (Wildman–Crippen MR) is 140 cm³/mol. The van der Waals surface area contributed by atoms with Crippen LogP contribution >= 0.6 is 0 Å². The Hall–Kier alpha value is -0.747. The van der Waals surface area contributed by atoms with Crippen LogP contribution in [0.5, 0.6) is 0 Å². The van der Waals surface area contributed by atoms with E-state index in [9.17, 15) is 0 Å². The molecular formula is C32H39Cl2Zr. The summed E-state index contributed by atoms with van der Waals surface area (Å²) in [5, 5.41) is 2.88. The molecule has 4 aliphatic carbocycles. The zero-order valence-electron chi connectivity index (χ0n) is 22.2. The molecule has 0 aliphatic heterocycles. The van der Waals surface area contributed by atoms with E-state index in [1.807, 2.05) is 6.49 Å². The molecule has 1 aromatic carbocycles. The summed E-state index contributed by atoms with van der Waals surface area (Å²) in [6.07, 6.45) is 22.9. The summed E-state index contributed by atoms with van der Waals surface area (Å²) in [5.74, 6) is 0. The van der Waals surface area contributed by atoms with Gasteiger partial charge in [0.1, 0.15) is 0 Å². The Kier molecular flexibility index (Phi) is 8.69. The molecule has 0 nitrogen and oxygen atoms in total. The van der Waals surface area contributed by atoms with Gasteiger partial charge in [-0.25, -0.2) is 0 Å². The van der Waals surface area contributed by atoms with Crippen LogP contribution in [0.15, 0.2) is 63.0 Å². The molecule has 0 saturated heterocycles. The van der Waals surface area contributed by atoms with E-state index in [-0.39, 0.29) is 41.1 Å². The molecule has 1 fully saturated rings. The van der Waals surface area contributed by atoms with Crippen molar-refractivity contribution in [3.63, 3.8) is 0 Å². The molecule has 0 N–H and O–H groups in total. The molecular weight excluding hydrogens is 546 g/mol. The first-order chi connectivity index (χ1) is 15.6. The Morgan fingerprint density at radius 1 is 0.886 bits per heavy atom. The van der Waals surface area contributed by atoms with Crippen molar-refractivity contribution >= 4 is 14.9 Å². The maximum atomic E-state index is 2.63. The quantitative estimate of drug-likeness (QED) is 0.484. The molecule has 1 saturated carbocycles. The molecule has 5 rings (SSSR count). The van der Waals surface area contributed by atoms with Gasteiger partial charge in [-0.15, -0.1) is 0 Å². The third-order valence-electron chi connectivity index (χ3n) is 8.18. The summed E-state index contributed by atoms with van der Waals surface area (Å²) in [6, 6.07) is 7.23. The zero-order valence-corrected chi connectivity index (χ0v) is 26.2. The Morgan fingerprint density at radius 3 is 2.20 bits per heavy atom. The first-order valence-electron chi connectivity index (χ1n) is 12.9. The second-order valence-electron chi connectivity index (χ2n) is 12.4. The van der Waals surface area contributed by atoms with Crippen LogP contribution in [0.4, 0.5) is 0 Å². The van der Waals surface area contributed by atoms with Gasteiger partial charge >= 0.3 is 213 Å². The fourth-order valence-corrected chi connectivity index (χ4v) is 11.4. The summed E-state index contributed by atoms with van der Waals surface area (Å²) < 4.78 is 3.78. The van der Waals surface area contributed by atoms with E-state index in [1.54, 1.807) is 11.1 Å². The van der Waals surface area contributed by atoms with Crippen molar-refractivity contribution < 1.29 is 47.6 Å². The van der Waals surface area contributed by atoms with Crippen molar-refractivity contribution in [2.45, 2.75) is 85.5 Å². The van der Waals surface area contributed by atoms with Gasteiger partial charge in [-0.05, 0) is 0 Å². The maximum absolute atomic E-state index is 2.63. The van der Waals surface area contributed by atoms with E-state index in [2.05, 4.69) is 96.2 Å². The van der Waals surface area contributed by atoms with Gasteiger partial charge in [0.2, 0.25) is 0 Å². The number of allylic oxidation sites excluding steroid dienone is 8. The van der Waals surface area contributed by atoms with Gasteiger partial charge in [-0.2, -0.15) is 0 Å². The van der Waals surface area contributed by atoms with Crippen LogP contribution in [0.2, 0.25) is 0 Å². The van der Waals surface area contributed by atoms with Crippen LogP contribution in [0, 0.1) is 10.8 Å². The van der Waals surface area contributed by atoms with Crippen LogP contribution in [-0.2, 0) is 28.2 Å². The number of hydrogen-bond donors (Lipinski definition) is 0. The van der Waals surface area contributed by atoms with E-state index in [0.29, 0.717) is 0 Å². The SMILES string of the molecule is CC(C)(C)c1ccc2c(c1)=CC1=[C]([Zr+2]=[C]3CCCCC3)C(C3=CC=CC3)(C(C)(C)C)C=CC=21.[Cl-].[Cl-]. The standard InChI is InChI=1S/C26H29.C6H10.2ClH.Zr/c1-24(2,3)21-11-12-22-18(16-21)15-19-17-26(25(4,5)6,14-13-23(19)22)20-9-7-8-10-20;1-2-4-6-5-3-1;;;/h7-9,11-16H,10H2,1-6H3;1-5H2;2*1H;/q;;;;+2/p-2. The fraction of sp³-hybridized carbons (Fsp3) is 0.469. The van der Waals surface area contributed by atoms with Gasteiger partial charge in [0.05, 0.1) is 0 Å². The Balaban J connectivity index is 0.00000171. The Bertz CT molecular complexity index is 1260. The summed E-state index contributed by atoms with van der Waals surface area (Å²) in [5.41, 5.74) is 6.52.